The van der Waals surface area contributed by atoms with Crippen LogP contribution in [-0.4, -0.2) is 77.9 Å². The lowest BCUT2D eigenvalue weighted by Crippen LogP contribution is -2.83. The van der Waals surface area contributed by atoms with Gasteiger partial charge in [0.05, 0.1) is 36.9 Å². The predicted molar refractivity (Wildman–Crippen MR) is 178 cm³/mol. The molecule has 3 heterocycles. The first-order valence-electron chi connectivity index (χ1n) is 15.9. The van der Waals surface area contributed by atoms with Gasteiger partial charge >= 0.3 is 5.97 Å². The van der Waals surface area contributed by atoms with Crippen molar-refractivity contribution in [3.05, 3.63) is 102 Å². The molecule has 14 nitrogen and oxygen atoms in total. The summed E-state index contributed by atoms with van der Waals surface area (Å²) < 4.78 is 50.0. The smallest absolute Gasteiger partial charge is 0.307 e. The number of aromatic nitrogens is 3. The molecule has 2 saturated heterocycles. The van der Waals surface area contributed by atoms with Crippen LogP contribution in [0.1, 0.15) is 37.1 Å². The number of amides is 2. The second-order valence-electron chi connectivity index (χ2n) is 12.5. The van der Waals surface area contributed by atoms with E-state index in [0.29, 0.717) is 11.4 Å². The maximum atomic E-state index is 14.3. The van der Waals surface area contributed by atoms with Gasteiger partial charge in [-0.15, -0.1) is 9.19 Å². The van der Waals surface area contributed by atoms with E-state index >= 15 is 0 Å². The van der Waals surface area contributed by atoms with E-state index in [-0.39, 0.29) is 36.6 Å². The molecule has 4 aromatic rings. The topological polar surface area (TPSA) is 168 Å². The third-order valence-electron chi connectivity index (χ3n) is 8.54. The SMILES string of the molecule is COc1ccc(N2C(=O)[C@@](OC(=O)CCc3cn(S(=O)(=O)c4ccc(C)cc4)nn3)(C(=O)NCc3ccccc3)[C@@H]2[C@H]2COC(C)(C)O2)cc1. The quantitative estimate of drug-likeness (QED) is 0.131. The number of hydrogen-bond donors (Lipinski definition) is 1. The number of methoxy groups -OCH3 is 1. The molecule has 0 spiro atoms. The minimum Gasteiger partial charge on any atom is -0.497 e. The summed E-state index contributed by atoms with van der Waals surface area (Å²) in [6.07, 6.45) is -0.0695. The molecule has 1 aromatic heterocycles. The van der Waals surface area contributed by atoms with Crippen molar-refractivity contribution >= 4 is 33.5 Å². The molecule has 3 aromatic carbocycles. The number of anilines is 1. The zero-order chi connectivity index (χ0) is 35.7. The average molecular weight is 704 g/mol. The zero-order valence-electron chi connectivity index (χ0n) is 27.9. The summed E-state index contributed by atoms with van der Waals surface area (Å²) in [6.45, 7) is 5.33. The molecule has 2 fully saturated rings. The summed E-state index contributed by atoms with van der Waals surface area (Å²) in [5.74, 6) is -2.95. The van der Waals surface area contributed by atoms with Gasteiger partial charge in [0.25, 0.3) is 27.4 Å². The Kier molecular flexibility index (Phi) is 9.48. The van der Waals surface area contributed by atoms with E-state index in [2.05, 4.69) is 15.6 Å². The molecule has 0 radical (unpaired) electrons. The Balaban J connectivity index is 1.27. The van der Waals surface area contributed by atoms with Gasteiger partial charge in [-0.3, -0.25) is 19.3 Å². The van der Waals surface area contributed by atoms with Crippen molar-refractivity contribution in [2.45, 2.75) is 68.6 Å². The normalized spacial score (nSPS) is 21.4. The van der Waals surface area contributed by atoms with Crippen LogP contribution < -0.4 is 15.0 Å². The lowest BCUT2D eigenvalue weighted by atomic mass is 9.76. The fourth-order valence-corrected chi connectivity index (χ4v) is 7.04. The second kappa shape index (κ2) is 13.7. The highest BCUT2D eigenvalue weighted by Gasteiger charge is 2.73. The van der Waals surface area contributed by atoms with Crippen LogP contribution >= 0.6 is 0 Å². The van der Waals surface area contributed by atoms with Gasteiger partial charge in [-0.2, -0.15) is 8.42 Å². The van der Waals surface area contributed by atoms with E-state index in [0.717, 1.165) is 15.2 Å². The molecule has 0 aliphatic carbocycles. The zero-order valence-corrected chi connectivity index (χ0v) is 28.8. The van der Waals surface area contributed by atoms with Crippen molar-refractivity contribution in [3.8, 4) is 5.75 Å². The Hall–Kier alpha value is -5.12. The highest BCUT2D eigenvalue weighted by molar-refractivity contribution is 7.89. The number of benzene rings is 3. The van der Waals surface area contributed by atoms with E-state index in [1.807, 2.05) is 37.3 Å². The maximum absolute atomic E-state index is 14.3. The lowest BCUT2D eigenvalue weighted by Gasteiger charge is -2.54. The molecule has 2 amide bonds. The number of nitrogens with one attached hydrogen (secondary N) is 1. The summed E-state index contributed by atoms with van der Waals surface area (Å²) in [7, 11) is -2.50. The number of rotatable bonds is 12. The van der Waals surface area contributed by atoms with E-state index in [9.17, 15) is 22.8 Å². The molecule has 2 aliphatic heterocycles. The number of β-lactam (4-membered cyclic amide) rings is 1. The number of nitrogens with zero attached hydrogens (tertiary/aromatic N) is 4. The summed E-state index contributed by atoms with van der Waals surface area (Å²) in [4.78, 5) is 43.4. The molecule has 50 heavy (non-hydrogen) atoms. The van der Waals surface area contributed by atoms with Gasteiger partial charge in [-0.05, 0) is 62.7 Å². The first-order valence-corrected chi connectivity index (χ1v) is 17.3. The highest BCUT2D eigenvalue weighted by Crippen LogP contribution is 2.45. The minimum absolute atomic E-state index is 0.0153. The van der Waals surface area contributed by atoms with Gasteiger partial charge in [0.2, 0.25) is 0 Å². The number of hydrogen-bond acceptors (Lipinski definition) is 11. The Morgan fingerprint density at radius 3 is 2.36 bits per heavy atom. The number of esters is 1. The van der Waals surface area contributed by atoms with Crippen molar-refractivity contribution in [1.82, 2.24) is 19.7 Å². The fourth-order valence-electron chi connectivity index (χ4n) is 5.95. The van der Waals surface area contributed by atoms with Crippen LogP contribution in [0.15, 0.2) is 90.0 Å². The largest absolute Gasteiger partial charge is 0.497 e. The van der Waals surface area contributed by atoms with Crippen LogP contribution in [0, 0.1) is 6.92 Å². The molecule has 0 bridgehead atoms. The molecule has 3 atom stereocenters. The fraction of sp³-hybridized carbons (Fsp3) is 0.343. The Morgan fingerprint density at radius 2 is 1.72 bits per heavy atom. The Labute approximate surface area is 289 Å². The van der Waals surface area contributed by atoms with E-state index in [1.54, 1.807) is 50.2 Å². The van der Waals surface area contributed by atoms with Crippen molar-refractivity contribution in [1.29, 1.82) is 0 Å². The number of aryl methyl sites for hydroxylation is 2. The Bertz CT molecular complexity index is 1980. The molecular weight excluding hydrogens is 666 g/mol. The second-order valence-corrected chi connectivity index (χ2v) is 14.3. The van der Waals surface area contributed by atoms with Crippen LogP contribution in [0.4, 0.5) is 5.69 Å². The van der Waals surface area contributed by atoms with Gasteiger partial charge in [-0.25, -0.2) is 0 Å². The molecule has 6 rings (SSSR count). The van der Waals surface area contributed by atoms with Gasteiger partial charge in [0.15, 0.2) is 5.79 Å². The molecule has 0 saturated carbocycles. The standard InChI is InChI=1S/C35H37N5O9S/c1-23-10-17-28(18-11-23)50(44,45)39-21-25(37-38-39)12-19-30(41)49-35(32(42)36-20-24-8-6-5-7-9-24)31(29-22-47-34(2,3)48-29)40(33(35)43)26-13-15-27(46-4)16-14-26/h5-11,13-18,21,29,31H,12,19-20,22H2,1-4H3,(H,36,42)/t29-,31+,35+/m1/s1. The van der Waals surface area contributed by atoms with Gasteiger partial charge in [0, 0.05) is 18.7 Å². The molecule has 262 valence electrons. The monoisotopic (exact) mass is 703 g/mol. The van der Waals surface area contributed by atoms with Crippen LogP contribution in [-0.2, 0) is 51.6 Å². The van der Waals surface area contributed by atoms with E-state index < -0.39 is 51.3 Å². The first kappa shape index (κ1) is 34.7. The maximum Gasteiger partial charge on any atom is 0.307 e. The number of ether oxygens (including phenoxy) is 4. The van der Waals surface area contributed by atoms with Gasteiger partial charge in [0.1, 0.15) is 17.9 Å². The van der Waals surface area contributed by atoms with Crippen LogP contribution in [0.3, 0.4) is 0 Å². The lowest BCUT2D eigenvalue weighted by molar-refractivity contribution is -0.196. The molecule has 2 aliphatic rings. The third kappa shape index (κ3) is 6.71. The van der Waals surface area contributed by atoms with Crippen LogP contribution in [0.2, 0.25) is 0 Å². The van der Waals surface area contributed by atoms with Crippen molar-refractivity contribution in [2.75, 3.05) is 18.6 Å². The van der Waals surface area contributed by atoms with Crippen molar-refractivity contribution < 1.29 is 41.7 Å². The average Bonchev–Trinajstić information content (AvgIpc) is 3.74. The predicted octanol–water partition coefficient (Wildman–Crippen LogP) is 2.93. The summed E-state index contributed by atoms with van der Waals surface area (Å²) in [5.41, 5.74) is -0.0350. The highest BCUT2D eigenvalue weighted by atomic mass is 32.2. The van der Waals surface area contributed by atoms with Gasteiger partial charge in [-0.1, -0.05) is 53.2 Å². The number of carbonyl (C=O) groups excluding carboxylic acids is 3. The first-order chi connectivity index (χ1) is 23.8. The van der Waals surface area contributed by atoms with Crippen molar-refractivity contribution in [2.24, 2.45) is 0 Å². The molecule has 1 N–H and O–H groups in total. The summed E-state index contributed by atoms with van der Waals surface area (Å²) >= 11 is 0. The van der Waals surface area contributed by atoms with E-state index in [4.69, 9.17) is 18.9 Å². The summed E-state index contributed by atoms with van der Waals surface area (Å²) in [5, 5.41) is 10.5. The van der Waals surface area contributed by atoms with Gasteiger partial charge < -0.3 is 24.3 Å². The third-order valence-corrected chi connectivity index (χ3v) is 10.1. The molecular formula is C35H37N5O9S. The molecule has 15 heteroatoms. The van der Waals surface area contributed by atoms with Crippen LogP contribution in [0.25, 0.3) is 0 Å². The minimum atomic E-state index is -4.02. The van der Waals surface area contributed by atoms with Crippen LogP contribution in [0.5, 0.6) is 5.75 Å². The molecule has 0 unspecified atom stereocenters. The summed E-state index contributed by atoms with van der Waals surface area (Å²) in [6, 6.07) is 20.9. The Morgan fingerprint density at radius 1 is 1.02 bits per heavy atom. The number of carbonyl (C=O) groups is 3. The van der Waals surface area contributed by atoms with E-state index in [1.165, 1.54) is 30.3 Å². The van der Waals surface area contributed by atoms with Crippen molar-refractivity contribution in [3.63, 3.8) is 0 Å².